The van der Waals surface area contributed by atoms with Gasteiger partial charge in [-0.1, -0.05) is 23.2 Å². The molecule has 5 nitrogen and oxygen atoms in total. The lowest BCUT2D eigenvalue weighted by Gasteiger charge is -2.33. The molecule has 0 bridgehead atoms. The minimum absolute atomic E-state index is 0.174. The van der Waals surface area contributed by atoms with Crippen molar-refractivity contribution in [2.45, 2.75) is 6.10 Å². The lowest BCUT2D eigenvalue weighted by molar-refractivity contribution is -0.0134. The molecule has 2 amide bonds. The molecule has 0 saturated carbocycles. The smallest absolute Gasteiger partial charge is 0.322 e. The molecule has 132 valence electrons. The highest BCUT2D eigenvalue weighted by Gasteiger charge is 2.26. The van der Waals surface area contributed by atoms with Crippen molar-refractivity contribution in [3.05, 3.63) is 58.1 Å². The summed E-state index contributed by atoms with van der Waals surface area (Å²) < 4.78 is 10.9. The van der Waals surface area contributed by atoms with E-state index in [9.17, 15) is 4.79 Å². The Kier molecular flexibility index (Phi) is 5.68. The topological polar surface area (TPSA) is 50.8 Å². The van der Waals surface area contributed by atoms with Crippen LogP contribution in [0.4, 0.5) is 10.5 Å². The van der Waals surface area contributed by atoms with Gasteiger partial charge in [0, 0.05) is 22.3 Å². The van der Waals surface area contributed by atoms with Crippen molar-refractivity contribution in [2.75, 3.05) is 32.1 Å². The summed E-state index contributed by atoms with van der Waals surface area (Å²) in [5.41, 5.74) is 1.57. The standard InChI is InChI=1S/C18H18Cl2N2O3/c1-24-16-4-2-15(3-5-16)21-18(23)22-6-7-25-17(11-22)12-8-13(19)10-14(20)9-12/h2-5,8-10,17H,6-7,11H2,1H3,(H,21,23)/t17-/m1/s1. The highest BCUT2D eigenvalue weighted by Crippen LogP contribution is 2.28. The van der Waals surface area contributed by atoms with Gasteiger partial charge in [0.15, 0.2) is 0 Å². The first-order valence-corrected chi connectivity index (χ1v) is 8.58. The second-order valence-corrected chi connectivity index (χ2v) is 6.54. The van der Waals surface area contributed by atoms with Crippen LogP contribution in [0.25, 0.3) is 0 Å². The highest BCUT2D eigenvalue weighted by atomic mass is 35.5. The summed E-state index contributed by atoms with van der Waals surface area (Å²) in [5.74, 6) is 0.738. The lowest BCUT2D eigenvalue weighted by atomic mass is 10.1. The second kappa shape index (κ2) is 7.95. The predicted molar refractivity (Wildman–Crippen MR) is 98.7 cm³/mol. The van der Waals surface area contributed by atoms with Crippen LogP contribution in [0.15, 0.2) is 42.5 Å². The van der Waals surface area contributed by atoms with Gasteiger partial charge >= 0.3 is 6.03 Å². The van der Waals surface area contributed by atoms with E-state index in [2.05, 4.69) is 5.32 Å². The number of hydrogen-bond acceptors (Lipinski definition) is 3. The molecule has 1 atom stereocenters. The lowest BCUT2D eigenvalue weighted by Crippen LogP contribution is -2.44. The van der Waals surface area contributed by atoms with Crippen molar-refractivity contribution in [1.29, 1.82) is 0 Å². The number of benzene rings is 2. The fraction of sp³-hybridized carbons (Fsp3) is 0.278. The van der Waals surface area contributed by atoms with Gasteiger partial charge in [0.1, 0.15) is 11.9 Å². The van der Waals surface area contributed by atoms with E-state index in [0.29, 0.717) is 35.4 Å². The third kappa shape index (κ3) is 4.57. The number of methoxy groups -OCH3 is 1. The largest absolute Gasteiger partial charge is 0.497 e. The summed E-state index contributed by atoms with van der Waals surface area (Å²) in [6.07, 6.45) is -0.258. The molecule has 1 aliphatic heterocycles. The average molecular weight is 381 g/mol. The maximum Gasteiger partial charge on any atom is 0.322 e. The summed E-state index contributed by atoms with van der Waals surface area (Å²) >= 11 is 12.1. The molecule has 0 aliphatic carbocycles. The molecular formula is C18H18Cl2N2O3. The van der Waals surface area contributed by atoms with E-state index in [4.69, 9.17) is 32.7 Å². The Morgan fingerprint density at radius 3 is 2.52 bits per heavy atom. The number of urea groups is 1. The molecule has 2 aromatic rings. The number of amides is 2. The molecule has 2 aromatic carbocycles. The van der Waals surface area contributed by atoms with Crippen LogP contribution in [0.1, 0.15) is 11.7 Å². The number of hydrogen-bond donors (Lipinski definition) is 1. The Morgan fingerprint density at radius 1 is 1.20 bits per heavy atom. The number of carbonyl (C=O) groups excluding carboxylic acids is 1. The van der Waals surface area contributed by atoms with Crippen LogP contribution in [0.3, 0.4) is 0 Å². The van der Waals surface area contributed by atoms with Gasteiger partial charge in [0.05, 0.1) is 20.3 Å². The fourth-order valence-corrected chi connectivity index (χ4v) is 3.22. The maximum atomic E-state index is 12.5. The van der Waals surface area contributed by atoms with Crippen LogP contribution in [0, 0.1) is 0 Å². The van der Waals surface area contributed by atoms with E-state index in [1.165, 1.54) is 0 Å². The number of ether oxygens (including phenoxy) is 2. The first kappa shape index (κ1) is 17.9. The molecule has 0 unspecified atom stereocenters. The zero-order valence-electron chi connectivity index (χ0n) is 13.7. The molecule has 0 aromatic heterocycles. The molecule has 1 heterocycles. The van der Waals surface area contributed by atoms with Crippen LogP contribution in [-0.2, 0) is 4.74 Å². The molecule has 1 saturated heterocycles. The fourth-order valence-electron chi connectivity index (χ4n) is 2.67. The van der Waals surface area contributed by atoms with Crippen LogP contribution in [-0.4, -0.2) is 37.7 Å². The van der Waals surface area contributed by atoms with E-state index in [0.717, 1.165) is 11.3 Å². The molecule has 7 heteroatoms. The van der Waals surface area contributed by atoms with Gasteiger partial charge in [-0.2, -0.15) is 0 Å². The molecule has 3 rings (SSSR count). The summed E-state index contributed by atoms with van der Waals surface area (Å²) in [4.78, 5) is 14.2. The number of halogens is 2. The van der Waals surface area contributed by atoms with Crippen LogP contribution >= 0.6 is 23.2 Å². The number of carbonyl (C=O) groups is 1. The van der Waals surface area contributed by atoms with Crippen molar-refractivity contribution >= 4 is 34.9 Å². The third-order valence-electron chi connectivity index (χ3n) is 3.95. The normalized spacial score (nSPS) is 17.2. The third-order valence-corrected chi connectivity index (χ3v) is 4.39. The SMILES string of the molecule is COc1ccc(NC(=O)N2CCO[C@@H](c3cc(Cl)cc(Cl)c3)C2)cc1. The van der Waals surface area contributed by atoms with Gasteiger partial charge in [0.2, 0.25) is 0 Å². The zero-order chi connectivity index (χ0) is 17.8. The molecule has 0 radical (unpaired) electrons. The molecule has 1 aliphatic rings. The highest BCUT2D eigenvalue weighted by molar-refractivity contribution is 6.34. The molecule has 0 spiro atoms. The minimum Gasteiger partial charge on any atom is -0.497 e. The maximum absolute atomic E-state index is 12.5. The van der Waals surface area contributed by atoms with E-state index in [-0.39, 0.29) is 12.1 Å². The van der Waals surface area contributed by atoms with Crippen molar-refractivity contribution in [3.8, 4) is 5.75 Å². The minimum atomic E-state index is -0.258. The molecule has 1 N–H and O–H groups in total. The van der Waals surface area contributed by atoms with Gasteiger partial charge in [-0.15, -0.1) is 0 Å². The van der Waals surface area contributed by atoms with E-state index in [1.807, 2.05) is 12.1 Å². The van der Waals surface area contributed by atoms with Gasteiger partial charge in [0.25, 0.3) is 0 Å². The zero-order valence-corrected chi connectivity index (χ0v) is 15.2. The Labute approximate surface area is 156 Å². The van der Waals surface area contributed by atoms with Gasteiger partial charge < -0.3 is 19.7 Å². The van der Waals surface area contributed by atoms with Crippen LogP contribution in [0.2, 0.25) is 10.0 Å². The predicted octanol–water partition coefficient (Wildman–Crippen LogP) is 4.61. The number of nitrogens with one attached hydrogen (secondary N) is 1. The monoisotopic (exact) mass is 380 g/mol. The molecule has 1 fully saturated rings. The van der Waals surface area contributed by atoms with Crippen LogP contribution < -0.4 is 10.1 Å². The quantitative estimate of drug-likeness (QED) is 0.845. The first-order valence-electron chi connectivity index (χ1n) is 7.83. The van der Waals surface area contributed by atoms with Gasteiger partial charge in [-0.25, -0.2) is 4.79 Å². The molecular weight excluding hydrogens is 363 g/mol. The van der Waals surface area contributed by atoms with E-state index < -0.39 is 0 Å². The summed E-state index contributed by atoms with van der Waals surface area (Å²) in [6.45, 7) is 1.40. The first-order chi connectivity index (χ1) is 12.0. The van der Waals surface area contributed by atoms with Gasteiger partial charge in [-0.05, 0) is 48.0 Å². The van der Waals surface area contributed by atoms with E-state index in [1.54, 1.807) is 42.3 Å². The van der Waals surface area contributed by atoms with Crippen molar-refractivity contribution < 1.29 is 14.3 Å². The summed E-state index contributed by atoms with van der Waals surface area (Å²) in [7, 11) is 1.60. The number of morpholine rings is 1. The number of anilines is 1. The number of rotatable bonds is 3. The summed E-state index contributed by atoms with van der Waals surface area (Å²) in [5, 5.41) is 3.98. The van der Waals surface area contributed by atoms with E-state index >= 15 is 0 Å². The number of nitrogens with zero attached hydrogens (tertiary/aromatic N) is 1. The summed E-state index contributed by atoms with van der Waals surface area (Å²) in [6, 6.07) is 12.3. The van der Waals surface area contributed by atoms with Crippen molar-refractivity contribution in [3.63, 3.8) is 0 Å². The second-order valence-electron chi connectivity index (χ2n) is 5.67. The molecule has 25 heavy (non-hydrogen) atoms. The Balaban J connectivity index is 1.66. The average Bonchev–Trinajstić information content (AvgIpc) is 2.61. The van der Waals surface area contributed by atoms with Crippen LogP contribution in [0.5, 0.6) is 5.75 Å². The van der Waals surface area contributed by atoms with Gasteiger partial charge in [-0.3, -0.25) is 0 Å². The Hall–Kier alpha value is -1.95. The van der Waals surface area contributed by atoms with Crippen molar-refractivity contribution in [2.24, 2.45) is 0 Å². The Bertz CT molecular complexity index is 732. The Morgan fingerprint density at radius 2 is 1.88 bits per heavy atom. The van der Waals surface area contributed by atoms with Crippen molar-refractivity contribution in [1.82, 2.24) is 4.90 Å².